The topological polar surface area (TPSA) is 69.2 Å². The van der Waals surface area contributed by atoms with Gasteiger partial charge in [0.05, 0.1) is 16.4 Å². The van der Waals surface area contributed by atoms with Crippen molar-refractivity contribution < 1.29 is 19.0 Å². The van der Waals surface area contributed by atoms with Crippen LogP contribution in [0, 0.1) is 3.57 Å². The van der Waals surface area contributed by atoms with Crippen molar-refractivity contribution in [3.05, 3.63) is 87.5 Å². The summed E-state index contributed by atoms with van der Waals surface area (Å²) >= 11 is 2.20. The van der Waals surface area contributed by atoms with E-state index in [1.807, 2.05) is 67.6 Å². The van der Waals surface area contributed by atoms with Gasteiger partial charge in [-0.1, -0.05) is 48.5 Å². The fourth-order valence-corrected chi connectivity index (χ4v) is 3.45. The zero-order valence-corrected chi connectivity index (χ0v) is 19.2. The van der Waals surface area contributed by atoms with Gasteiger partial charge in [-0.25, -0.2) is 5.43 Å². The first-order chi connectivity index (χ1) is 15.2. The number of nitrogens with one attached hydrogen (secondary N) is 1. The van der Waals surface area contributed by atoms with Gasteiger partial charge in [0, 0.05) is 0 Å². The van der Waals surface area contributed by atoms with Crippen LogP contribution < -0.4 is 19.6 Å². The molecule has 0 aliphatic heterocycles. The molecule has 1 N–H and O–H groups in total. The van der Waals surface area contributed by atoms with E-state index in [1.165, 1.54) is 0 Å². The predicted octanol–water partition coefficient (Wildman–Crippen LogP) is 4.80. The lowest BCUT2D eigenvalue weighted by Gasteiger charge is -2.14. The number of rotatable bonds is 10. The van der Waals surface area contributed by atoms with Crippen LogP contribution in [-0.4, -0.2) is 25.3 Å². The monoisotopic (exact) mass is 530 g/mol. The minimum atomic E-state index is -0.345. The summed E-state index contributed by atoms with van der Waals surface area (Å²) in [5.74, 6) is 1.60. The van der Waals surface area contributed by atoms with Crippen LogP contribution in [0.2, 0.25) is 0 Å². The highest BCUT2D eigenvalue weighted by Crippen LogP contribution is 2.34. The molecule has 160 valence electrons. The normalized spacial score (nSPS) is 10.6. The molecule has 0 saturated carbocycles. The van der Waals surface area contributed by atoms with Crippen LogP contribution in [0.3, 0.4) is 0 Å². The maximum Gasteiger partial charge on any atom is 0.277 e. The van der Waals surface area contributed by atoms with E-state index >= 15 is 0 Å². The van der Waals surface area contributed by atoms with Crippen molar-refractivity contribution in [2.24, 2.45) is 5.10 Å². The fourth-order valence-electron chi connectivity index (χ4n) is 2.67. The van der Waals surface area contributed by atoms with Crippen LogP contribution in [0.15, 0.2) is 77.9 Å². The quantitative estimate of drug-likeness (QED) is 0.233. The van der Waals surface area contributed by atoms with Gasteiger partial charge in [-0.05, 0) is 64.9 Å². The minimum absolute atomic E-state index is 0.116. The Morgan fingerprint density at radius 2 is 1.71 bits per heavy atom. The molecule has 0 unspecified atom stereocenters. The largest absolute Gasteiger partial charge is 0.490 e. The fraction of sp³-hybridized carbons (Fsp3) is 0.167. The minimum Gasteiger partial charge on any atom is -0.490 e. The molecular formula is C24H23IN2O4. The molecule has 0 fully saturated rings. The maximum atomic E-state index is 11.9. The number of hydrogen-bond donors (Lipinski definition) is 1. The number of hydrazone groups is 1. The number of halogens is 1. The third-order valence-electron chi connectivity index (χ3n) is 4.07. The molecule has 6 nitrogen and oxygen atoms in total. The highest BCUT2D eigenvalue weighted by Gasteiger charge is 2.12. The molecule has 0 saturated heterocycles. The summed E-state index contributed by atoms with van der Waals surface area (Å²) in [5.41, 5.74) is 4.32. The second kappa shape index (κ2) is 11.9. The summed E-state index contributed by atoms with van der Waals surface area (Å²) in [7, 11) is 0. The van der Waals surface area contributed by atoms with Crippen molar-refractivity contribution in [3.63, 3.8) is 0 Å². The maximum absolute atomic E-state index is 11.9. The second-order valence-electron chi connectivity index (χ2n) is 6.43. The summed E-state index contributed by atoms with van der Waals surface area (Å²) in [6.07, 6.45) is 1.56. The molecule has 31 heavy (non-hydrogen) atoms. The number of carbonyl (C=O) groups excluding carboxylic acids is 1. The Balaban J connectivity index is 1.60. The molecule has 3 rings (SSSR count). The van der Waals surface area contributed by atoms with Crippen LogP contribution in [0.1, 0.15) is 18.1 Å². The van der Waals surface area contributed by atoms with Crippen LogP contribution >= 0.6 is 22.6 Å². The second-order valence-corrected chi connectivity index (χ2v) is 7.59. The van der Waals surface area contributed by atoms with Crippen molar-refractivity contribution in [3.8, 4) is 17.2 Å². The Kier molecular flexibility index (Phi) is 8.71. The number of hydrogen-bond acceptors (Lipinski definition) is 5. The Morgan fingerprint density at radius 1 is 1.00 bits per heavy atom. The van der Waals surface area contributed by atoms with Gasteiger partial charge < -0.3 is 14.2 Å². The number of carbonyl (C=O) groups is 1. The first-order valence-electron chi connectivity index (χ1n) is 9.78. The Bertz CT molecular complexity index is 1010. The van der Waals surface area contributed by atoms with Crippen LogP contribution in [0.5, 0.6) is 17.2 Å². The van der Waals surface area contributed by atoms with Gasteiger partial charge in [0.1, 0.15) is 12.4 Å². The van der Waals surface area contributed by atoms with Crippen molar-refractivity contribution in [2.45, 2.75) is 13.5 Å². The van der Waals surface area contributed by atoms with Gasteiger partial charge in [0.2, 0.25) is 0 Å². The molecule has 0 bridgehead atoms. The molecule has 0 radical (unpaired) electrons. The van der Waals surface area contributed by atoms with Crippen molar-refractivity contribution >= 4 is 34.7 Å². The molecule has 0 aliphatic carbocycles. The third-order valence-corrected chi connectivity index (χ3v) is 4.87. The van der Waals surface area contributed by atoms with E-state index in [0.29, 0.717) is 30.5 Å². The van der Waals surface area contributed by atoms with E-state index in [2.05, 4.69) is 33.1 Å². The number of ether oxygens (including phenoxy) is 3. The number of nitrogens with zero attached hydrogens (tertiary/aromatic N) is 1. The zero-order valence-electron chi connectivity index (χ0n) is 17.1. The molecule has 3 aromatic carbocycles. The summed E-state index contributed by atoms with van der Waals surface area (Å²) in [6, 6.07) is 22.8. The predicted molar refractivity (Wildman–Crippen MR) is 129 cm³/mol. The molecule has 0 heterocycles. The van der Waals surface area contributed by atoms with E-state index in [9.17, 15) is 4.79 Å². The Morgan fingerprint density at radius 3 is 2.42 bits per heavy atom. The number of benzene rings is 3. The van der Waals surface area contributed by atoms with Crippen molar-refractivity contribution in [1.82, 2.24) is 5.43 Å². The highest BCUT2D eigenvalue weighted by molar-refractivity contribution is 14.1. The van der Waals surface area contributed by atoms with Crippen molar-refractivity contribution in [2.75, 3.05) is 13.2 Å². The molecule has 7 heteroatoms. The molecule has 0 aromatic heterocycles. The summed E-state index contributed by atoms with van der Waals surface area (Å²) in [4.78, 5) is 11.9. The lowest BCUT2D eigenvalue weighted by molar-refractivity contribution is -0.123. The molecule has 0 atom stereocenters. The SMILES string of the molecule is CCOc1cc(/C=N\NC(=O)COc2ccccc2)cc(I)c1OCc1ccccc1. The molecule has 1 amide bonds. The average Bonchev–Trinajstić information content (AvgIpc) is 2.79. The standard InChI is InChI=1S/C24H23IN2O4/c1-2-29-22-14-19(13-21(25)24(22)31-16-18-9-5-3-6-10-18)15-26-27-23(28)17-30-20-11-7-4-8-12-20/h3-15H,2,16-17H2,1H3,(H,27,28)/b26-15-. The van der Waals surface area contributed by atoms with Crippen LogP contribution in [0.4, 0.5) is 0 Å². The summed E-state index contributed by atoms with van der Waals surface area (Å²) in [5, 5.41) is 4.02. The van der Waals surface area contributed by atoms with Gasteiger partial charge in [-0.3, -0.25) is 4.79 Å². The number of amides is 1. The number of para-hydroxylation sites is 1. The van der Waals surface area contributed by atoms with E-state index < -0.39 is 0 Å². The average molecular weight is 530 g/mol. The Labute approximate surface area is 195 Å². The van der Waals surface area contributed by atoms with E-state index in [0.717, 1.165) is 14.7 Å². The lowest BCUT2D eigenvalue weighted by Crippen LogP contribution is -2.24. The van der Waals surface area contributed by atoms with E-state index in [4.69, 9.17) is 14.2 Å². The third kappa shape index (κ3) is 7.29. The van der Waals surface area contributed by atoms with Gasteiger partial charge in [0.25, 0.3) is 5.91 Å². The van der Waals surface area contributed by atoms with Gasteiger partial charge in [-0.15, -0.1) is 0 Å². The van der Waals surface area contributed by atoms with E-state index in [1.54, 1.807) is 18.3 Å². The lowest BCUT2D eigenvalue weighted by atomic mass is 10.2. The summed E-state index contributed by atoms with van der Waals surface area (Å²) in [6.45, 7) is 2.75. The van der Waals surface area contributed by atoms with Crippen LogP contribution in [0.25, 0.3) is 0 Å². The smallest absolute Gasteiger partial charge is 0.277 e. The molecule has 3 aromatic rings. The van der Waals surface area contributed by atoms with E-state index in [-0.39, 0.29) is 12.5 Å². The molecule has 0 spiro atoms. The highest BCUT2D eigenvalue weighted by atomic mass is 127. The van der Waals surface area contributed by atoms with Gasteiger partial charge >= 0.3 is 0 Å². The van der Waals surface area contributed by atoms with Crippen molar-refractivity contribution in [1.29, 1.82) is 0 Å². The first kappa shape index (κ1) is 22.6. The van der Waals surface area contributed by atoms with Gasteiger partial charge in [-0.2, -0.15) is 5.10 Å². The molecule has 0 aliphatic rings. The summed E-state index contributed by atoms with van der Waals surface area (Å²) < 4.78 is 18.1. The molecular weight excluding hydrogens is 507 g/mol. The zero-order chi connectivity index (χ0) is 21.9. The van der Waals surface area contributed by atoms with Gasteiger partial charge in [0.15, 0.2) is 18.1 Å². The van der Waals surface area contributed by atoms with Crippen LogP contribution in [-0.2, 0) is 11.4 Å². The first-order valence-corrected chi connectivity index (χ1v) is 10.9. The Hall–Kier alpha value is -3.07.